The summed E-state index contributed by atoms with van der Waals surface area (Å²) in [7, 11) is 6.24. The summed E-state index contributed by atoms with van der Waals surface area (Å²) in [5, 5.41) is 0.769. The molecule has 1 atom stereocenters. The van der Waals surface area contributed by atoms with Crippen molar-refractivity contribution in [2.24, 2.45) is 0 Å². The van der Waals surface area contributed by atoms with Gasteiger partial charge >= 0.3 is 0 Å². The Morgan fingerprint density at radius 1 is 1.00 bits per heavy atom. The van der Waals surface area contributed by atoms with Gasteiger partial charge in [-0.3, -0.25) is 14.8 Å². The van der Waals surface area contributed by atoms with E-state index in [-0.39, 0.29) is 6.17 Å². The molecule has 2 aromatic rings. The summed E-state index contributed by atoms with van der Waals surface area (Å²) < 4.78 is 0. The summed E-state index contributed by atoms with van der Waals surface area (Å²) in [5.41, 5.74) is 2.29. The first kappa shape index (κ1) is 18.6. The number of rotatable bonds is 5. The molecule has 1 aromatic heterocycles. The van der Waals surface area contributed by atoms with Gasteiger partial charge in [-0.15, -0.1) is 0 Å². The van der Waals surface area contributed by atoms with Crippen molar-refractivity contribution in [3.63, 3.8) is 0 Å². The average molecular weight is 320 g/mol. The first-order valence-electron chi connectivity index (χ1n) is 7.60. The van der Waals surface area contributed by atoms with Crippen molar-refractivity contribution in [2.45, 2.75) is 26.6 Å². The molecule has 120 valence electrons. The Hall–Kier alpha value is -1.42. The van der Waals surface area contributed by atoms with Gasteiger partial charge in [0.25, 0.3) is 0 Å². The second-order valence-corrected chi connectivity index (χ2v) is 5.57. The summed E-state index contributed by atoms with van der Waals surface area (Å²) >= 11 is 5.93. The maximum atomic E-state index is 5.93. The Labute approximate surface area is 139 Å². The number of hydrogen-bond acceptors (Lipinski definition) is 3. The average Bonchev–Trinajstić information content (AvgIpc) is 2.52. The van der Waals surface area contributed by atoms with E-state index in [2.05, 4.69) is 54.1 Å². The third-order valence-corrected chi connectivity index (χ3v) is 3.46. The van der Waals surface area contributed by atoms with Gasteiger partial charge in [-0.1, -0.05) is 43.6 Å². The highest BCUT2D eigenvalue weighted by Gasteiger charge is 2.20. The lowest BCUT2D eigenvalue weighted by Crippen LogP contribution is -2.35. The number of pyridine rings is 1. The minimum Gasteiger partial charge on any atom is -0.289 e. The first-order valence-corrected chi connectivity index (χ1v) is 7.98. The second kappa shape index (κ2) is 9.57. The number of nitrogens with zero attached hydrogens (tertiary/aromatic N) is 3. The summed E-state index contributed by atoms with van der Waals surface area (Å²) in [5.74, 6) is 0. The van der Waals surface area contributed by atoms with Crippen LogP contribution < -0.4 is 0 Å². The highest BCUT2D eigenvalue weighted by molar-refractivity contribution is 6.30. The molecule has 0 aliphatic heterocycles. The highest BCUT2D eigenvalue weighted by Crippen LogP contribution is 2.21. The molecule has 0 bridgehead atoms. The van der Waals surface area contributed by atoms with Crippen molar-refractivity contribution in [1.82, 2.24) is 14.8 Å². The molecule has 0 fully saturated rings. The number of benzene rings is 1. The van der Waals surface area contributed by atoms with Crippen molar-refractivity contribution in [3.8, 4) is 0 Å². The highest BCUT2D eigenvalue weighted by atomic mass is 35.5. The Balaban J connectivity index is 0.00000116. The molecule has 4 heteroatoms. The fourth-order valence-corrected chi connectivity index (χ4v) is 2.50. The maximum absolute atomic E-state index is 5.93. The topological polar surface area (TPSA) is 19.4 Å². The molecule has 0 spiro atoms. The van der Waals surface area contributed by atoms with Gasteiger partial charge in [-0.2, -0.15) is 0 Å². The molecular weight excluding hydrogens is 294 g/mol. The van der Waals surface area contributed by atoms with Crippen LogP contribution in [-0.4, -0.2) is 35.9 Å². The van der Waals surface area contributed by atoms with Crippen LogP contribution in [0.1, 0.15) is 31.3 Å². The SMILES string of the molecule is CC.CN(C)C(c1ccccn1)N(C)Cc1ccc(Cl)cc1. The van der Waals surface area contributed by atoms with Crippen LogP contribution in [-0.2, 0) is 6.54 Å². The number of hydrogen-bond donors (Lipinski definition) is 0. The van der Waals surface area contributed by atoms with Gasteiger partial charge in [0.2, 0.25) is 0 Å². The van der Waals surface area contributed by atoms with E-state index < -0.39 is 0 Å². The van der Waals surface area contributed by atoms with Gasteiger partial charge in [0.15, 0.2) is 0 Å². The maximum Gasteiger partial charge on any atom is 0.106 e. The molecule has 1 heterocycles. The van der Waals surface area contributed by atoms with E-state index in [1.807, 2.05) is 44.3 Å². The van der Waals surface area contributed by atoms with Crippen molar-refractivity contribution in [2.75, 3.05) is 21.1 Å². The summed E-state index contributed by atoms with van der Waals surface area (Å²) in [6, 6.07) is 14.0. The number of aromatic nitrogens is 1. The monoisotopic (exact) mass is 319 g/mol. The predicted molar refractivity (Wildman–Crippen MR) is 94.9 cm³/mol. The van der Waals surface area contributed by atoms with E-state index in [1.165, 1.54) is 5.56 Å². The van der Waals surface area contributed by atoms with Crippen molar-refractivity contribution < 1.29 is 0 Å². The van der Waals surface area contributed by atoms with Crippen LogP contribution in [0, 0.1) is 0 Å². The predicted octanol–water partition coefficient (Wildman–Crippen LogP) is 4.45. The number of halogens is 1. The van der Waals surface area contributed by atoms with Crippen molar-refractivity contribution >= 4 is 11.6 Å². The van der Waals surface area contributed by atoms with Crippen molar-refractivity contribution in [3.05, 3.63) is 64.9 Å². The van der Waals surface area contributed by atoms with Crippen molar-refractivity contribution in [1.29, 1.82) is 0 Å². The fraction of sp³-hybridized carbons (Fsp3) is 0.389. The van der Waals surface area contributed by atoms with Crippen LogP contribution >= 0.6 is 11.6 Å². The minimum absolute atomic E-state index is 0.145. The lowest BCUT2D eigenvalue weighted by molar-refractivity contribution is 0.0942. The lowest BCUT2D eigenvalue weighted by Gasteiger charge is -2.32. The molecule has 1 aromatic carbocycles. The molecule has 0 amide bonds. The van der Waals surface area contributed by atoms with E-state index in [0.29, 0.717) is 0 Å². The normalized spacial score (nSPS) is 12.0. The standard InChI is InChI=1S/C16H20ClN3.C2H6/c1-19(2)16(15-6-4-5-11-18-15)20(3)12-13-7-9-14(17)10-8-13;1-2/h4-11,16H,12H2,1-3H3;1-2H3. The Morgan fingerprint density at radius 2 is 1.64 bits per heavy atom. The van der Waals surface area contributed by atoms with Crippen LogP contribution in [0.5, 0.6) is 0 Å². The van der Waals surface area contributed by atoms with Crippen LogP contribution in [0.3, 0.4) is 0 Å². The third-order valence-electron chi connectivity index (χ3n) is 3.20. The first-order chi connectivity index (χ1) is 10.6. The minimum atomic E-state index is 0.145. The van der Waals surface area contributed by atoms with E-state index in [1.54, 1.807) is 0 Å². The molecule has 0 saturated heterocycles. The molecule has 0 radical (unpaired) electrons. The van der Waals surface area contributed by atoms with E-state index in [9.17, 15) is 0 Å². The summed E-state index contributed by atoms with van der Waals surface area (Å²) in [4.78, 5) is 8.91. The molecule has 0 aliphatic carbocycles. The summed E-state index contributed by atoms with van der Waals surface area (Å²) in [6.45, 7) is 4.84. The molecular formula is C18H26ClN3. The zero-order chi connectivity index (χ0) is 16.5. The van der Waals surface area contributed by atoms with Gasteiger partial charge in [0, 0.05) is 17.8 Å². The van der Waals surface area contributed by atoms with Crippen LogP contribution in [0.25, 0.3) is 0 Å². The largest absolute Gasteiger partial charge is 0.289 e. The third kappa shape index (κ3) is 5.41. The van der Waals surface area contributed by atoms with Gasteiger partial charge in [-0.25, -0.2) is 0 Å². The Bertz CT molecular complexity index is 526. The van der Waals surface area contributed by atoms with Gasteiger partial charge in [0.1, 0.15) is 6.17 Å². The molecule has 22 heavy (non-hydrogen) atoms. The quantitative estimate of drug-likeness (QED) is 0.759. The second-order valence-electron chi connectivity index (χ2n) is 5.13. The van der Waals surface area contributed by atoms with Crippen LogP contribution in [0.15, 0.2) is 48.7 Å². The fourth-order valence-electron chi connectivity index (χ4n) is 2.38. The molecule has 0 N–H and O–H groups in total. The zero-order valence-corrected chi connectivity index (χ0v) is 14.9. The Kier molecular flexibility index (Phi) is 8.10. The zero-order valence-electron chi connectivity index (χ0n) is 14.1. The smallest absolute Gasteiger partial charge is 0.106 e. The van der Waals surface area contributed by atoms with Crippen LogP contribution in [0.2, 0.25) is 5.02 Å². The van der Waals surface area contributed by atoms with Gasteiger partial charge < -0.3 is 0 Å². The van der Waals surface area contributed by atoms with E-state index in [4.69, 9.17) is 11.6 Å². The van der Waals surface area contributed by atoms with Gasteiger partial charge in [0.05, 0.1) is 5.69 Å². The van der Waals surface area contributed by atoms with Gasteiger partial charge in [-0.05, 0) is 51.0 Å². The van der Waals surface area contributed by atoms with Crippen LogP contribution in [0.4, 0.5) is 0 Å². The molecule has 0 saturated carbocycles. The summed E-state index contributed by atoms with van der Waals surface area (Å²) in [6.07, 6.45) is 1.98. The molecule has 2 rings (SSSR count). The molecule has 0 aliphatic rings. The Morgan fingerprint density at radius 3 is 2.14 bits per heavy atom. The molecule has 3 nitrogen and oxygen atoms in total. The molecule has 1 unspecified atom stereocenters. The van der Waals surface area contributed by atoms with E-state index >= 15 is 0 Å². The van der Waals surface area contributed by atoms with E-state index in [0.717, 1.165) is 17.3 Å². The lowest BCUT2D eigenvalue weighted by atomic mass is 10.2.